The normalized spacial score (nSPS) is 17.0. The number of nitrogens with zero attached hydrogens (tertiary/aromatic N) is 2. The molecule has 0 unspecified atom stereocenters. The average Bonchev–Trinajstić information content (AvgIpc) is 2.55. The lowest BCUT2D eigenvalue weighted by Crippen LogP contribution is -2.51. The Balaban J connectivity index is 1.91. The lowest BCUT2D eigenvalue weighted by molar-refractivity contribution is -0.00455. The quantitative estimate of drug-likeness (QED) is 0.873. The highest BCUT2D eigenvalue weighted by Crippen LogP contribution is 2.23. The molecule has 4 nitrogen and oxygen atoms in total. The molecule has 1 aliphatic heterocycles. The second-order valence-corrected chi connectivity index (χ2v) is 5.90. The number of hydrogen-bond acceptors (Lipinski definition) is 4. The van der Waals surface area contributed by atoms with Crippen LogP contribution in [0.4, 0.5) is 5.69 Å². The summed E-state index contributed by atoms with van der Waals surface area (Å²) in [5.41, 5.74) is 0.688. The van der Waals surface area contributed by atoms with Gasteiger partial charge >= 0.3 is 0 Å². The third kappa shape index (κ3) is 4.11. The molecule has 1 fully saturated rings. The first kappa shape index (κ1) is 16.1. The topological polar surface area (TPSA) is 35.9 Å². The predicted octanol–water partition coefficient (Wildman–Crippen LogP) is 2.37. The SMILES string of the molecule is CCC(O)(CC)CN1CCN(c2cccc(OC)c2)CC1. The smallest absolute Gasteiger partial charge is 0.120 e. The Bertz CT molecular complexity index is 438. The van der Waals surface area contributed by atoms with Gasteiger partial charge in [0.05, 0.1) is 12.7 Å². The second kappa shape index (κ2) is 7.14. The average molecular weight is 292 g/mol. The third-order valence-corrected chi connectivity index (χ3v) is 4.62. The molecule has 0 atom stereocenters. The standard InChI is InChI=1S/C17H28N2O2/c1-4-17(20,5-2)14-18-9-11-19(12-10-18)15-7-6-8-16(13-15)21-3/h6-8,13,20H,4-5,9-12,14H2,1-3H3. The summed E-state index contributed by atoms with van der Waals surface area (Å²) in [6, 6.07) is 8.23. The number of β-amino-alcohol motifs (C(OH)–C–C–N with tert-alkyl or cyclic N) is 1. The maximum absolute atomic E-state index is 10.5. The number of aliphatic hydroxyl groups is 1. The van der Waals surface area contributed by atoms with E-state index in [9.17, 15) is 5.11 Å². The van der Waals surface area contributed by atoms with Gasteiger partial charge in [0.2, 0.25) is 0 Å². The van der Waals surface area contributed by atoms with Crippen LogP contribution in [-0.2, 0) is 0 Å². The summed E-state index contributed by atoms with van der Waals surface area (Å²) in [7, 11) is 1.70. The number of methoxy groups -OCH3 is 1. The fourth-order valence-electron chi connectivity index (χ4n) is 2.86. The molecular weight excluding hydrogens is 264 g/mol. The summed E-state index contributed by atoms with van der Waals surface area (Å²) in [5.74, 6) is 0.904. The maximum atomic E-state index is 10.5. The van der Waals surface area contributed by atoms with E-state index in [0.717, 1.165) is 51.3 Å². The molecule has 0 bridgehead atoms. The lowest BCUT2D eigenvalue weighted by Gasteiger charge is -2.40. The molecule has 0 amide bonds. The van der Waals surface area contributed by atoms with Gasteiger partial charge in [0.1, 0.15) is 5.75 Å². The Hall–Kier alpha value is -1.26. The van der Waals surface area contributed by atoms with Crippen LogP contribution < -0.4 is 9.64 Å². The van der Waals surface area contributed by atoms with Gasteiger partial charge in [-0.25, -0.2) is 0 Å². The highest BCUT2D eigenvalue weighted by molar-refractivity contribution is 5.51. The van der Waals surface area contributed by atoms with E-state index in [1.807, 2.05) is 12.1 Å². The van der Waals surface area contributed by atoms with Crippen LogP contribution in [0.15, 0.2) is 24.3 Å². The fourth-order valence-corrected chi connectivity index (χ4v) is 2.86. The van der Waals surface area contributed by atoms with Crippen LogP contribution in [0.5, 0.6) is 5.75 Å². The third-order valence-electron chi connectivity index (χ3n) is 4.62. The number of anilines is 1. The summed E-state index contributed by atoms with van der Waals surface area (Å²) >= 11 is 0. The van der Waals surface area contributed by atoms with E-state index in [-0.39, 0.29) is 0 Å². The zero-order valence-electron chi connectivity index (χ0n) is 13.5. The highest BCUT2D eigenvalue weighted by atomic mass is 16.5. The van der Waals surface area contributed by atoms with Crippen molar-refractivity contribution in [2.45, 2.75) is 32.3 Å². The zero-order valence-corrected chi connectivity index (χ0v) is 13.5. The minimum absolute atomic E-state index is 0.530. The molecule has 0 aliphatic carbocycles. The first-order valence-corrected chi connectivity index (χ1v) is 7.94. The Kier molecular flexibility index (Phi) is 5.48. The molecule has 118 valence electrons. The number of hydrogen-bond donors (Lipinski definition) is 1. The molecule has 1 aliphatic rings. The number of piperazine rings is 1. The molecule has 1 heterocycles. The van der Waals surface area contributed by atoms with E-state index in [2.05, 4.69) is 35.8 Å². The van der Waals surface area contributed by atoms with E-state index < -0.39 is 5.60 Å². The lowest BCUT2D eigenvalue weighted by atomic mass is 9.96. The van der Waals surface area contributed by atoms with Crippen molar-refractivity contribution in [3.63, 3.8) is 0 Å². The molecule has 1 N–H and O–H groups in total. The minimum atomic E-state index is -0.530. The van der Waals surface area contributed by atoms with Crippen molar-refractivity contribution in [3.05, 3.63) is 24.3 Å². The molecule has 1 aromatic rings. The van der Waals surface area contributed by atoms with Crippen LogP contribution in [0.2, 0.25) is 0 Å². The van der Waals surface area contributed by atoms with Crippen molar-refractivity contribution in [1.29, 1.82) is 0 Å². The molecule has 0 spiro atoms. The Morgan fingerprint density at radius 2 is 1.81 bits per heavy atom. The van der Waals surface area contributed by atoms with Crippen molar-refractivity contribution >= 4 is 5.69 Å². The minimum Gasteiger partial charge on any atom is -0.497 e. The summed E-state index contributed by atoms with van der Waals surface area (Å²) in [6.45, 7) is 8.91. The summed E-state index contributed by atoms with van der Waals surface area (Å²) in [6.07, 6.45) is 1.64. The fraction of sp³-hybridized carbons (Fsp3) is 0.647. The van der Waals surface area contributed by atoms with Gasteiger partial charge in [0.15, 0.2) is 0 Å². The van der Waals surface area contributed by atoms with Gasteiger partial charge < -0.3 is 14.7 Å². The number of benzene rings is 1. The summed E-state index contributed by atoms with van der Waals surface area (Å²) < 4.78 is 5.29. The van der Waals surface area contributed by atoms with Crippen molar-refractivity contribution in [3.8, 4) is 5.75 Å². The molecule has 0 radical (unpaired) electrons. The van der Waals surface area contributed by atoms with Crippen LogP contribution in [-0.4, -0.2) is 55.4 Å². The molecule has 0 saturated carbocycles. The second-order valence-electron chi connectivity index (χ2n) is 5.90. The Morgan fingerprint density at radius 3 is 2.38 bits per heavy atom. The van der Waals surface area contributed by atoms with Crippen molar-refractivity contribution in [2.24, 2.45) is 0 Å². The number of rotatable bonds is 6. The van der Waals surface area contributed by atoms with Crippen molar-refractivity contribution in [1.82, 2.24) is 4.90 Å². The summed E-state index contributed by atoms with van der Waals surface area (Å²) in [5, 5.41) is 10.5. The first-order chi connectivity index (χ1) is 10.1. The Morgan fingerprint density at radius 1 is 1.14 bits per heavy atom. The van der Waals surface area contributed by atoms with E-state index in [0.29, 0.717) is 0 Å². The van der Waals surface area contributed by atoms with E-state index in [4.69, 9.17) is 4.74 Å². The van der Waals surface area contributed by atoms with Crippen LogP contribution in [0.1, 0.15) is 26.7 Å². The molecule has 1 saturated heterocycles. The molecule has 4 heteroatoms. The highest BCUT2D eigenvalue weighted by Gasteiger charge is 2.27. The van der Waals surface area contributed by atoms with E-state index in [1.54, 1.807) is 7.11 Å². The maximum Gasteiger partial charge on any atom is 0.120 e. The monoisotopic (exact) mass is 292 g/mol. The predicted molar refractivity (Wildman–Crippen MR) is 87.2 cm³/mol. The van der Waals surface area contributed by atoms with Gasteiger partial charge in [-0.15, -0.1) is 0 Å². The van der Waals surface area contributed by atoms with Gasteiger partial charge in [-0.05, 0) is 25.0 Å². The van der Waals surface area contributed by atoms with Crippen LogP contribution in [0, 0.1) is 0 Å². The Labute approximate surface area is 128 Å². The van der Waals surface area contributed by atoms with Crippen molar-refractivity contribution in [2.75, 3.05) is 44.7 Å². The molecule has 0 aromatic heterocycles. The van der Waals surface area contributed by atoms with Gasteiger partial charge in [-0.3, -0.25) is 4.90 Å². The zero-order chi connectivity index (χ0) is 15.3. The van der Waals surface area contributed by atoms with Crippen LogP contribution >= 0.6 is 0 Å². The van der Waals surface area contributed by atoms with Gasteiger partial charge in [0.25, 0.3) is 0 Å². The van der Waals surface area contributed by atoms with Gasteiger partial charge in [0, 0.05) is 44.5 Å². The summed E-state index contributed by atoms with van der Waals surface area (Å²) in [4.78, 5) is 4.76. The van der Waals surface area contributed by atoms with Crippen LogP contribution in [0.3, 0.4) is 0 Å². The van der Waals surface area contributed by atoms with Gasteiger partial charge in [-0.1, -0.05) is 19.9 Å². The number of ether oxygens (including phenoxy) is 1. The molecule has 21 heavy (non-hydrogen) atoms. The van der Waals surface area contributed by atoms with Crippen molar-refractivity contribution < 1.29 is 9.84 Å². The molecular formula is C17H28N2O2. The van der Waals surface area contributed by atoms with E-state index in [1.165, 1.54) is 5.69 Å². The van der Waals surface area contributed by atoms with Gasteiger partial charge in [-0.2, -0.15) is 0 Å². The first-order valence-electron chi connectivity index (χ1n) is 7.94. The molecule has 2 rings (SSSR count). The van der Waals surface area contributed by atoms with Crippen LogP contribution in [0.25, 0.3) is 0 Å². The largest absolute Gasteiger partial charge is 0.497 e. The van der Waals surface area contributed by atoms with E-state index >= 15 is 0 Å². The molecule has 1 aromatic carbocycles.